The highest BCUT2D eigenvalue weighted by Crippen LogP contribution is 2.14. The third kappa shape index (κ3) is 7.97. The van der Waals surface area contributed by atoms with Crippen LogP contribution in [-0.2, 0) is 9.59 Å². The number of amides is 1. The Morgan fingerprint density at radius 1 is 1.24 bits per heavy atom. The van der Waals surface area contributed by atoms with E-state index in [0.717, 1.165) is 6.42 Å². The first-order chi connectivity index (χ1) is 9.97. The highest BCUT2D eigenvalue weighted by atomic mass is 16.5. The van der Waals surface area contributed by atoms with Gasteiger partial charge in [-0.3, -0.25) is 9.59 Å². The van der Waals surface area contributed by atoms with Gasteiger partial charge in [-0.2, -0.15) is 0 Å². The molecule has 1 rings (SSSR count). The van der Waals surface area contributed by atoms with Crippen molar-refractivity contribution < 1.29 is 19.4 Å². The molecule has 0 bridgehead atoms. The first kappa shape index (κ1) is 17.0. The molecule has 0 saturated carbocycles. The van der Waals surface area contributed by atoms with Gasteiger partial charge in [-0.25, -0.2) is 0 Å². The average molecular weight is 293 g/mol. The summed E-state index contributed by atoms with van der Waals surface area (Å²) in [7, 11) is 0. The Morgan fingerprint density at radius 3 is 2.48 bits per heavy atom. The minimum Gasteiger partial charge on any atom is -0.484 e. The van der Waals surface area contributed by atoms with E-state index in [0.29, 0.717) is 18.2 Å². The lowest BCUT2D eigenvalue weighted by molar-refractivity contribution is -0.138. The Balaban J connectivity index is 2.33. The van der Waals surface area contributed by atoms with E-state index in [-0.39, 0.29) is 24.9 Å². The second-order valence-electron chi connectivity index (χ2n) is 5.50. The molecule has 0 heterocycles. The molecule has 0 radical (unpaired) electrons. The zero-order valence-corrected chi connectivity index (χ0v) is 12.5. The number of hydrogen-bond acceptors (Lipinski definition) is 3. The lowest BCUT2D eigenvalue weighted by atomic mass is 9.94. The second kappa shape index (κ2) is 9.00. The topological polar surface area (TPSA) is 75.6 Å². The number of aliphatic carboxylic acids is 1. The normalized spacial score (nSPS) is 12.0. The van der Waals surface area contributed by atoms with Crippen LogP contribution in [0.3, 0.4) is 0 Å². The van der Waals surface area contributed by atoms with Gasteiger partial charge in [0.25, 0.3) is 5.91 Å². The third-order valence-corrected chi connectivity index (χ3v) is 2.97. The molecule has 0 aromatic heterocycles. The lowest BCUT2D eigenvalue weighted by Gasteiger charge is -2.17. The van der Waals surface area contributed by atoms with Gasteiger partial charge in [-0.05, 0) is 30.4 Å². The van der Waals surface area contributed by atoms with Crippen molar-refractivity contribution in [3.8, 4) is 5.75 Å². The van der Waals surface area contributed by atoms with Crippen LogP contribution in [0.25, 0.3) is 0 Å². The molecule has 1 unspecified atom stereocenters. The van der Waals surface area contributed by atoms with Gasteiger partial charge in [-0.1, -0.05) is 32.0 Å². The lowest BCUT2D eigenvalue weighted by Crippen LogP contribution is -2.34. The van der Waals surface area contributed by atoms with Crippen molar-refractivity contribution in [1.82, 2.24) is 5.32 Å². The van der Waals surface area contributed by atoms with Crippen LogP contribution >= 0.6 is 0 Å². The van der Waals surface area contributed by atoms with Gasteiger partial charge in [0.1, 0.15) is 5.75 Å². The molecule has 1 aromatic rings. The summed E-state index contributed by atoms with van der Waals surface area (Å²) in [5, 5.41) is 11.6. The molecular weight excluding hydrogens is 270 g/mol. The predicted octanol–water partition coefficient (Wildman–Crippen LogP) is 2.32. The minimum absolute atomic E-state index is 0.0526. The molecule has 5 nitrogen and oxygen atoms in total. The van der Waals surface area contributed by atoms with E-state index in [1.54, 1.807) is 12.1 Å². The Bertz CT molecular complexity index is 445. The number of carboxylic acids is 1. The Hall–Kier alpha value is -2.04. The molecule has 1 aromatic carbocycles. The fourth-order valence-corrected chi connectivity index (χ4v) is 2.13. The van der Waals surface area contributed by atoms with Crippen molar-refractivity contribution in [2.75, 3.05) is 13.2 Å². The van der Waals surface area contributed by atoms with Crippen molar-refractivity contribution in [1.29, 1.82) is 0 Å². The fraction of sp³-hybridized carbons (Fsp3) is 0.500. The SMILES string of the molecule is CC(C)CC(CNC(=O)COc1ccccc1)CC(=O)O. The number of carboxylic acid groups (broad SMARTS) is 1. The smallest absolute Gasteiger partial charge is 0.303 e. The zero-order valence-electron chi connectivity index (χ0n) is 12.5. The number of hydrogen-bond donors (Lipinski definition) is 2. The Morgan fingerprint density at radius 2 is 1.90 bits per heavy atom. The van der Waals surface area contributed by atoms with E-state index in [9.17, 15) is 9.59 Å². The number of ether oxygens (including phenoxy) is 1. The first-order valence-corrected chi connectivity index (χ1v) is 7.13. The van der Waals surface area contributed by atoms with Crippen molar-refractivity contribution in [2.45, 2.75) is 26.7 Å². The van der Waals surface area contributed by atoms with Crippen molar-refractivity contribution >= 4 is 11.9 Å². The Labute approximate surface area is 125 Å². The summed E-state index contributed by atoms with van der Waals surface area (Å²) in [6.45, 7) is 4.37. The molecule has 0 aliphatic heterocycles. The molecule has 116 valence electrons. The maximum atomic E-state index is 11.7. The number of benzene rings is 1. The van der Waals surface area contributed by atoms with Crippen molar-refractivity contribution in [2.24, 2.45) is 11.8 Å². The van der Waals surface area contributed by atoms with E-state index in [2.05, 4.69) is 5.32 Å². The van der Waals surface area contributed by atoms with Crippen LogP contribution in [0.5, 0.6) is 5.75 Å². The number of carbonyl (C=O) groups is 2. The summed E-state index contributed by atoms with van der Waals surface area (Å²) in [4.78, 5) is 22.5. The van der Waals surface area contributed by atoms with Gasteiger partial charge in [0.2, 0.25) is 0 Å². The summed E-state index contributed by atoms with van der Waals surface area (Å²) < 4.78 is 5.33. The van der Waals surface area contributed by atoms with Crippen molar-refractivity contribution in [3.63, 3.8) is 0 Å². The van der Waals surface area contributed by atoms with E-state index in [4.69, 9.17) is 9.84 Å². The number of para-hydroxylation sites is 1. The van der Waals surface area contributed by atoms with Gasteiger partial charge in [-0.15, -0.1) is 0 Å². The van der Waals surface area contributed by atoms with Gasteiger partial charge in [0.15, 0.2) is 6.61 Å². The van der Waals surface area contributed by atoms with E-state index in [1.807, 2.05) is 32.0 Å². The predicted molar refractivity (Wildman–Crippen MR) is 80.1 cm³/mol. The second-order valence-corrected chi connectivity index (χ2v) is 5.50. The monoisotopic (exact) mass is 293 g/mol. The Kier molecular flexibility index (Phi) is 7.29. The molecule has 1 amide bonds. The number of rotatable bonds is 9. The quantitative estimate of drug-likeness (QED) is 0.732. The van der Waals surface area contributed by atoms with Gasteiger partial charge in [0.05, 0.1) is 0 Å². The van der Waals surface area contributed by atoms with Crippen LogP contribution in [0.4, 0.5) is 0 Å². The average Bonchev–Trinajstić information content (AvgIpc) is 2.42. The first-order valence-electron chi connectivity index (χ1n) is 7.13. The maximum absolute atomic E-state index is 11.7. The highest BCUT2D eigenvalue weighted by Gasteiger charge is 2.16. The van der Waals surface area contributed by atoms with E-state index < -0.39 is 5.97 Å². The molecule has 0 saturated heterocycles. The van der Waals surface area contributed by atoms with Crippen LogP contribution in [0.1, 0.15) is 26.7 Å². The summed E-state index contributed by atoms with van der Waals surface area (Å²) in [6, 6.07) is 9.09. The van der Waals surface area contributed by atoms with Crippen LogP contribution < -0.4 is 10.1 Å². The van der Waals surface area contributed by atoms with Crippen molar-refractivity contribution in [3.05, 3.63) is 30.3 Å². The van der Waals surface area contributed by atoms with E-state index in [1.165, 1.54) is 0 Å². The molecule has 0 fully saturated rings. The zero-order chi connectivity index (χ0) is 15.7. The third-order valence-electron chi connectivity index (χ3n) is 2.97. The molecule has 2 N–H and O–H groups in total. The van der Waals surface area contributed by atoms with Crippen LogP contribution in [0, 0.1) is 11.8 Å². The number of nitrogens with one attached hydrogen (secondary N) is 1. The summed E-state index contributed by atoms with van der Waals surface area (Å²) >= 11 is 0. The fourth-order valence-electron chi connectivity index (χ4n) is 2.13. The molecule has 0 spiro atoms. The summed E-state index contributed by atoms with van der Waals surface area (Å²) in [6.07, 6.45) is 0.837. The largest absolute Gasteiger partial charge is 0.484 e. The van der Waals surface area contributed by atoms with Crippen LogP contribution in [0.2, 0.25) is 0 Å². The van der Waals surface area contributed by atoms with Crippen LogP contribution in [-0.4, -0.2) is 30.1 Å². The maximum Gasteiger partial charge on any atom is 0.303 e. The van der Waals surface area contributed by atoms with E-state index >= 15 is 0 Å². The number of carbonyl (C=O) groups excluding carboxylic acids is 1. The van der Waals surface area contributed by atoms with Gasteiger partial charge < -0.3 is 15.2 Å². The molecule has 0 aliphatic rings. The summed E-state index contributed by atoms with van der Waals surface area (Å²) in [5.41, 5.74) is 0. The molecule has 5 heteroatoms. The van der Waals surface area contributed by atoms with Gasteiger partial charge in [0, 0.05) is 13.0 Å². The highest BCUT2D eigenvalue weighted by molar-refractivity contribution is 5.77. The molecule has 21 heavy (non-hydrogen) atoms. The molecule has 1 atom stereocenters. The van der Waals surface area contributed by atoms with Crippen LogP contribution in [0.15, 0.2) is 30.3 Å². The summed E-state index contributed by atoms with van der Waals surface area (Å²) in [5.74, 6) is -0.0969. The minimum atomic E-state index is -0.838. The standard InChI is InChI=1S/C16H23NO4/c1-12(2)8-13(9-16(19)20)10-17-15(18)11-21-14-6-4-3-5-7-14/h3-7,12-13H,8-11H2,1-2H3,(H,17,18)(H,19,20). The molecular formula is C16H23NO4. The van der Waals surface area contributed by atoms with Gasteiger partial charge >= 0.3 is 5.97 Å². The molecule has 0 aliphatic carbocycles.